The van der Waals surface area contributed by atoms with Crippen LogP contribution in [0.2, 0.25) is 0 Å². The lowest BCUT2D eigenvalue weighted by Gasteiger charge is -2.35. The van der Waals surface area contributed by atoms with Gasteiger partial charge in [-0.1, -0.05) is 12.8 Å². The molecule has 6 nitrogen and oxygen atoms in total. The molecular formula is C18H28N4O2. The molecule has 2 saturated carbocycles. The second-order valence-corrected chi connectivity index (χ2v) is 8.19. The highest BCUT2D eigenvalue weighted by Crippen LogP contribution is 2.40. The van der Waals surface area contributed by atoms with Crippen LogP contribution >= 0.6 is 0 Å². The summed E-state index contributed by atoms with van der Waals surface area (Å²) < 4.78 is 2.27. The van der Waals surface area contributed by atoms with Gasteiger partial charge in [0.2, 0.25) is 0 Å². The zero-order chi connectivity index (χ0) is 16.6. The van der Waals surface area contributed by atoms with E-state index in [0.29, 0.717) is 24.5 Å². The molecule has 132 valence electrons. The van der Waals surface area contributed by atoms with Crippen molar-refractivity contribution >= 4 is 11.7 Å². The minimum atomic E-state index is -0.227. The highest BCUT2D eigenvalue weighted by Gasteiger charge is 2.46. The van der Waals surface area contributed by atoms with E-state index in [0.717, 1.165) is 73.7 Å². The molecule has 0 atom stereocenters. The third kappa shape index (κ3) is 2.54. The standard InChI is InChI=1S/C18H28N4O2/c23-21-15(7-13-17(21)9-3-1-4-10-17)19-20-16-8-14-18(22(16)24)11-5-2-6-12-18/h1-14H2. The highest BCUT2D eigenvalue weighted by atomic mass is 16.5. The van der Waals surface area contributed by atoms with E-state index in [1.165, 1.54) is 12.8 Å². The van der Waals surface area contributed by atoms with Crippen molar-refractivity contribution in [3.8, 4) is 0 Å². The summed E-state index contributed by atoms with van der Waals surface area (Å²) in [5.41, 5.74) is -0.455. The maximum absolute atomic E-state index is 12.7. The number of amidine groups is 2. The highest BCUT2D eigenvalue weighted by molar-refractivity contribution is 5.84. The molecule has 0 saturated heterocycles. The lowest BCUT2D eigenvalue weighted by Crippen LogP contribution is -2.38. The van der Waals surface area contributed by atoms with Gasteiger partial charge in [0, 0.05) is 12.8 Å². The third-order valence-electron chi connectivity index (χ3n) is 6.81. The molecule has 0 unspecified atom stereocenters. The number of nitrogens with zero attached hydrogens (tertiary/aromatic N) is 4. The van der Waals surface area contributed by atoms with Crippen LogP contribution in [0.1, 0.15) is 89.9 Å². The number of hydrogen-bond donors (Lipinski definition) is 0. The van der Waals surface area contributed by atoms with Gasteiger partial charge in [-0.25, -0.2) is 0 Å². The lowest BCUT2D eigenvalue weighted by atomic mass is 9.80. The molecule has 2 aliphatic carbocycles. The molecule has 2 heterocycles. The second kappa shape index (κ2) is 6.12. The van der Waals surface area contributed by atoms with Crippen LogP contribution in [0.25, 0.3) is 0 Å². The molecule has 0 aromatic rings. The first kappa shape index (κ1) is 16.0. The van der Waals surface area contributed by atoms with E-state index in [9.17, 15) is 10.4 Å². The Hall–Kier alpha value is -1.46. The van der Waals surface area contributed by atoms with Gasteiger partial charge in [0.1, 0.15) is 11.1 Å². The fourth-order valence-electron chi connectivity index (χ4n) is 5.27. The molecule has 0 aromatic heterocycles. The van der Waals surface area contributed by atoms with E-state index in [-0.39, 0.29) is 11.1 Å². The fraction of sp³-hybridized carbons (Fsp3) is 0.889. The molecule has 2 aliphatic heterocycles. The van der Waals surface area contributed by atoms with E-state index >= 15 is 0 Å². The van der Waals surface area contributed by atoms with Crippen molar-refractivity contribution in [2.45, 2.75) is 101 Å². The van der Waals surface area contributed by atoms with Gasteiger partial charge in [-0.3, -0.25) is 9.48 Å². The summed E-state index contributed by atoms with van der Waals surface area (Å²) in [7, 11) is 0. The van der Waals surface area contributed by atoms with Crippen molar-refractivity contribution in [1.82, 2.24) is 0 Å². The molecular weight excluding hydrogens is 304 g/mol. The molecule has 0 aromatic carbocycles. The van der Waals surface area contributed by atoms with Crippen LogP contribution in [-0.2, 0) is 0 Å². The third-order valence-corrected chi connectivity index (χ3v) is 6.81. The van der Waals surface area contributed by atoms with Crippen molar-refractivity contribution in [3.05, 3.63) is 10.4 Å². The Kier molecular flexibility index (Phi) is 4.09. The average Bonchev–Trinajstić information content (AvgIpc) is 3.07. The summed E-state index contributed by atoms with van der Waals surface area (Å²) >= 11 is 0. The smallest absolute Gasteiger partial charge is 0.351 e. The molecule has 0 amide bonds. The Bertz CT molecular complexity index is 544. The Morgan fingerprint density at radius 2 is 0.958 bits per heavy atom. The summed E-state index contributed by atoms with van der Waals surface area (Å²) in [6.07, 6.45) is 14.1. The van der Waals surface area contributed by atoms with E-state index in [1.54, 1.807) is 0 Å². The molecule has 2 fully saturated rings. The Balaban J connectivity index is 1.53. The van der Waals surface area contributed by atoms with Gasteiger partial charge in [-0.2, -0.15) is 0 Å². The minimum absolute atomic E-state index is 0.227. The van der Waals surface area contributed by atoms with Gasteiger partial charge in [0.15, 0.2) is 10.2 Å². The first-order valence-electron chi connectivity index (χ1n) is 9.74. The van der Waals surface area contributed by atoms with Crippen LogP contribution in [0.15, 0.2) is 10.2 Å². The van der Waals surface area contributed by atoms with E-state index in [1.807, 2.05) is 0 Å². The van der Waals surface area contributed by atoms with Crippen molar-refractivity contribution in [2.24, 2.45) is 10.2 Å². The van der Waals surface area contributed by atoms with Crippen molar-refractivity contribution in [1.29, 1.82) is 0 Å². The predicted octanol–water partition coefficient (Wildman–Crippen LogP) is 4.25. The van der Waals surface area contributed by atoms with Crippen LogP contribution < -0.4 is 0 Å². The summed E-state index contributed by atoms with van der Waals surface area (Å²) in [6.45, 7) is 0. The molecule has 0 radical (unpaired) electrons. The maximum atomic E-state index is 12.7. The SMILES string of the molecule is [O-][N+]1=C(N=NC2=[N+]([O-])C3(CCCCC3)CC2)CCC12CCCCC2. The number of hydroxylamine groups is 2. The largest absolute Gasteiger partial charge is 0.715 e. The zero-order valence-electron chi connectivity index (χ0n) is 14.5. The topological polar surface area (TPSA) is 76.9 Å². The first-order chi connectivity index (χ1) is 11.7. The Labute approximate surface area is 143 Å². The van der Waals surface area contributed by atoms with Crippen LogP contribution in [0.5, 0.6) is 0 Å². The molecule has 2 spiro atoms. The monoisotopic (exact) mass is 332 g/mol. The van der Waals surface area contributed by atoms with E-state index in [2.05, 4.69) is 10.2 Å². The van der Waals surface area contributed by atoms with Crippen LogP contribution in [-0.4, -0.2) is 32.2 Å². The number of rotatable bonds is 0. The van der Waals surface area contributed by atoms with Crippen molar-refractivity contribution in [2.75, 3.05) is 0 Å². The quantitative estimate of drug-likeness (QED) is 0.378. The molecule has 0 N–H and O–H groups in total. The fourth-order valence-corrected chi connectivity index (χ4v) is 5.27. The maximum Gasteiger partial charge on any atom is 0.351 e. The summed E-state index contributed by atoms with van der Waals surface area (Å²) in [6, 6.07) is 0. The van der Waals surface area contributed by atoms with E-state index in [4.69, 9.17) is 0 Å². The molecule has 24 heavy (non-hydrogen) atoms. The zero-order valence-corrected chi connectivity index (χ0v) is 14.5. The average molecular weight is 332 g/mol. The molecule has 6 heteroatoms. The van der Waals surface area contributed by atoms with Gasteiger partial charge in [-0.05, 0) is 51.4 Å². The molecule has 4 aliphatic rings. The van der Waals surface area contributed by atoms with Crippen molar-refractivity contribution in [3.63, 3.8) is 0 Å². The number of azo groups is 1. The Morgan fingerprint density at radius 1 is 0.583 bits per heavy atom. The minimum Gasteiger partial charge on any atom is -0.715 e. The lowest BCUT2D eigenvalue weighted by molar-refractivity contribution is -0.548. The van der Waals surface area contributed by atoms with Gasteiger partial charge in [-0.15, -0.1) is 0 Å². The van der Waals surface area contributed by atoms with Gasteiger partial charge >= 0.3 is 11.7 Å². The van der Waals surface area contributed by atoms with Crippen LogP contribution in [0, 0.1) is 10.4 Å². The van der Waals surface area contributed by atoms with E-state index < -0.39 is 0 Å². The molecule has 0 bridgehead atoms. The predicted molar refractivity (Wildman–Crippen MR) is 92.2 cm³/mol. The molecule has 4 rings (SSSR count). The van der Waals surface area contributed by atoms with Gasteiger partial charge in [0.25, 0.3) is 0 Å². The summed E-state index contributed by atoms with van der Waals surface area (Å²) in [5.74, 6) is 1.06. The van der Waals surface area contributed by atoms with Gasteiger partial charge < -0.3 is 10.4 Å². The first-order valence-corrected chi connectivity index (χ1v) is 9.74. The Morgan fingerprint density at radius 3 is 1.33 bits per heavy atom. The second-order valence-electron chi connectivity index (χ2n) is 8.19. The van der Waals surface area contributed by atoms with Gasteiger partial charge in [0.05, 0.1) is 12.8 Å². The summed E-state index contributed by atoms with van der Waals surface area (Å²) in [4.78, 5) is 0. The van der Waals surface area contributed by atoms with Crippen LogP contribution in [0.4, 0.5) is 0 Å². The number of hydrogen-bond acceptors (Lipinski definition) is 4. The normalized spacial score (nSPS) is 29.5. The van der Waals surface area contributed by atoms with Crippen LogP contribution in [0.3, 0.4) is 0 Å². The van der Waals surface area contributed by atoms with Crippen molar-refractivity contribution < 1.29 is 9.48 Å². The summed E-state index contributed by atoms with van der Waals surface area (Å²) in [5, 5.41) is 33.9.